The minimum atomic E-state index is -0.403. The van der Waals surface area contributed by atoms with Gasteiger partial charge in [-0.2, -0.15) is 0 Å². The molecule has 0 heterocycles. The van der Waals surface area contributed by atoms with Crippen molar-refractivity contribution in [1.82, 2.24) is 5.48 Å². The van der Waals surface area contributed by atoms with Crippen LogP contribution in [0.4, 0.5) is 0 Å². The third-order valence-corrected chi connectivity index (χ3v) is 4.52. The van der Waals surface area contributed by atoms with Crippen LogP contribution in [0.2, 0.25) is 0 Å². The molecule has 1 unspecified atom stereocenters. The molecule has 1 N–H and O–H groups in total. The van der Waals surface area contributed by atoms with Gasteiger partial charge in [0.2, 0.25) is 5.91 Å². The van der Waals surface area contributed by atoms with Crippen molar-refractivity contribution in [1.29, 1.82) is 0 Å². The lowest BCUT2D eigenvalue weighted by atomic mass is 10.0. The van der Waals surface area contributed by atoms with Gasteiger partial charge < -0.3 is 0 Å². The molecule has 0 saturated carbocycles. The third-order valence-electron chi connectivity index (χ3n) is 3.35. The molecular weight excluding hydrogens is 318 g/mol. The smallest absolute Gasteiger partial charge is 0.247 e. The summed E-state index contributed by atoms with van der Waals surface area (Å²) in [5.74, 6) is 0.482. The van der Waals surface area contributed by atoms with Crippen molar-refractivity contribution < 1.29 is 9.63 Å². The van der Waals surface area contributed by atoms with Crippen LogP contribution < -0.4 is 5.48 Å². The van der Waals surface area contributed by atoms with E-state index in [1.165, 1.54) is 4.90 Å². The van der Waals surface area contributed by atoms with Gasteiger partial charge in [0.15, 0.2) is 0 Å². The van der Waals surface area contributed by atoms with Gasteiger partial charge in [0, 0.05) is 10.6 Å². The number of thioether (sulfide) groups is 1. The van der Waals surface area contributed by atoms with Gasteiger partial charge in [0.25, 0.3) is 0 Å². The van der Waals surface area contributed by atoms with Crippen LogP contribution in [0, 0.1) is 5.92 Å². The van der Waals surface area contributed by atoms with Gasteiger partial charge in [0.05, 0.1) is 11.5 Å². The first-order chi connectivity index (χ1) is 11.4. The molecule has 3 nitrogen and oxygen atoms in total. The summed E-state index contributed by atoms with van der Waals surface area (Å²) >= 11 is 1.69. The Hall–Kier alpha value is -1.78. The van der Waals surface area contributed by atoms with E-state index in [2.05, 4.69) is 29.7 Å². The number of carbonyl (C=O) groups is 1. The Morgan fingerprint density at radius 1 is 1.04 bits per heavy atom. The normalized spacial score (nSPS) is 12.6. The second-order valence-corrected chi connectivity index (χ2v) is 7.78. The van der Waals surface area contributed by atoms with Gasteiger partial charge in [-0.1, -0.05) is 48.5 Å². The van der Waals surface area contributed by atoms with E-state index < -0.39 is 5.60 Å². The standard InChI is InChI=1S/C20H25NO2S/c1-20(2,3)23-21-19(22)17(14-16-10-6-4-7-11-16)15-24-18-12-8-5-9-13-18/h4-13,17H,14-15H2,1-3H3,(H,21,22). The van der Waals surface area contributed by atoms with Crippen molar-refractivity contribution in [3.8, 4) is 0 Å². The lowest BCUT2D eigenvalue weighted by molar-refractivity contribution is -0.149. The molecule has 0 radical (unpaired) electrons. The van der Waals surface area contributed by atoms with E-state index in [1.807, 2.05) is 57.2 Å². The summed E-state index contributed by atoms with van der Waals surface area (Å²) in [6.45, 7) is 5.74. The van der Waals surface area contributed by atoms with Gasteiger partial charge >= 0.3 is 0 Å². The van der Waals surface area contributed by atoms with E-state index in [1.54, 1.807) is 11.8 Å². The predicted octanol–water partition coefficient (Wildman–Crippen LogP) is 4.48. The molecule has 0 aromatic heterocycles. The predicted molar refractivity (Wildman–Crippen MR) is 99.8 cm³/mol. The molecule has 1 atom stereocenters. The van der Waals surface area contributed by atoms with Gasteiger partial charge in [-0.15, -0.1) is 11.8 Å². The van der Waals surface area contributed by atoms with Crippen LogP contribution in [0.3, 0.4) is 0 Å². The Labute approximate surface area is 148 Å². The molecule has 2 aromatic rings. The second kappa shape index (κ2) is 8.90. The van der Waals surface area contributed by atoms with Crippen LogP contribution in [-0.2, 0) is 16.1 Å². The monoisotopic (exact) mass is 343 g/mol. The topological polar surface area (TPSA) is 38.3 Å². The van der Waals surface area contributed by atoms with Gasteiger partial charge in [-0.3, -0.25) is 9.63 Å². The minimum Gasteiger partial charge on any atom is -0.272 e. The molecule has 128 valence electrons. The molecule has 0 saturated heterocycles. The van der Waals surface area contributed by atoms with Gasteiger partial charge in [-0.25, -0.2) is 5.48 Å². The number of rotatable bonds is 7. The van der Waals surface area contributed by atoms with E-state index in [-0.39, 0.29) is 11.8 Å². The molecule has 24 heavy (non-hydrogen) atoms. The van der Waals surface area contributed by atoms with Crippen LogP contribution >= 0.6 is 11.8 Å². The summed E-state index contributed by atoms with van der Waals surface area (Å²) in [4.78, 5) is 19.2. The first kappa shape index (κ1) is 18.6. The highest BCUT2D eigenvalue weighted by Crippen LogP contribution is 2.23. The molecular formula is C20H25NO2S. The minimum absolute atomic E-state index is 0.0720. The number of nitrogens with one attached hydrogen (secondary N) is 1. The number of benzene rings is 2. The maximum atomic E-state index is 12.6. The van der Waals surface area contributed by atoms with E-state index in [0.717, 1.165) is 5.56 Å². The fraction of sp³-hybridized carbons (Fsp3) is 0.350. The van der Waals surface area contributed by atoms with Crippen LogP contribution in [0.5, 0.6) is 0 Å². The molecule has 4 heteroatoms. The lowest BCUT2D eigenvalue weighted by Crippen LogP contribution is -2.38. The molecule has 1 amide bonds. The van der Waals surface area contributed by atoms with Gasteiger partial charge in [0.1, 0.15) is 0 Å². The first-order valence-corrected chi connectivity index (χ1v) is 9.12. The molecule has 0 aliphatic rings. The lowest BCUT2D eigenvalue weighted by Gasteiger charge is -2.22. The summed E-state index contributed by atoms with van der Waals surface area (Å²) in [7, 11) is 0. The van der Waals surface area contributed by atoms with Crippen molar-refractivity contribution in [3.05, 3.63) is 66.2 Å². The number of hydrogen-bond donors (Lipinski definition) is 1. The maximum Gasteiger partial charge on any atom is 0.247 e. The number of hydrogen-bond acceptors (Lipinski definition) is 3. The summed E-state index contributed by atoms with van der Waals surface area (Å²) in [6.07, 6.45) is 0.694. The van der Waals surface area contributed by atoms with Crippen LogP contribution in [0.1, 0.15) is 26.3 Å². The van der Waals surface area contributed by atoms with Crippen molar-refractivity contribution >= 4 is 17.7 Å². The number of amides is 1. The Balaban J connectivity index is 2.01. The summed E-state index contributed by atoms with van der Waals surface area (Å²) in [5.41, 5.74) is 3.38. The van der Waals surface area contributed by atoms with Crippen molar-refractivity contribution in [2.24, 2.45) is 5.92 Å². The van der Waals surface area contributed by atoms with Crippen LogP contribution in [0.15, 0.2) is 65.6 Å². The molecule has 2 rings (SSSR count). The first-order valence-electron chi connectivity index (χ1n) is 8.14. The zero-order valence-electron chi connectivity index (χ0n) is 14.5. The summed E-state index contributed by atoms with van der Waals surface area (Å²) < 4.78 is 0. The van der Waals surface area contributed by atoms with E-state index in [9.17, 15) is 4.79 Å². The zero-order valence-corrected chi connectivity index (χ0v) is 15.3. The molecule has 0 aliphatic carbocycles. The number of hydroxylamine groups is 1. The summed E-state index contributed by atoms with van der Waals surface area (Å²) in [6, 6.07) is 20.2. The third kappa shape index (κ3) is 6.77. The summed E-state index contributed by atoms with van der Waals surface area (Å²) in [5, 5.41) is 0. The largest absolute Gasteiger partial charge is 0.272 e. The Kier molecular flexibility index (Phi) is 6.88. The fourth-order valence-electron chi connectivity index (χ4n) is 2.13. The quantitative estimate of drug-likeness (QED) is 0.595. The molecule has 0 fully saturated rings. The highest BCUT2D eigenvalue weighted by molar-refractivity contribution is 7.99. The maximum absolute atomic E-state index is 12.6. The van der Waals surface area contributed by atoms with E-state index in [0.29, 0.717) is 12.2 Å². The second-order valence-electron chi connectivity index (χ2n) is 6.69. The Morgan fingerprint density at radius 2 is 1.62 bits per heavy atom. The van der Waals surface area contributed by atoms with E-state index >= 15 is 0 Å². The zero-order chi connectivity index (χ0) is 17.4. The average Bonchev–Trinajstić information content (AvgIpc) is 2.57. The average molecular weight is 343 g/mol. The van der Waals surface area contributed by atoms with Gasteiger partial charge in [-0.05, 0) is 44.9 Å². The Morgan fingerprint density at radius 3 is 2.21 bits per heavy atom. The van der Waals surface area contributed by atoms with Crippen molar-refractivity contribution in [2.45, 2.75) is 37.7 Å². The number of carbonyl (C=O) groups excluding carboxylic acids is 1. The van der Waals surface area contributed by atoms with Crippen LogP contribution in [0.25, 0.3) is 0 Å². The fourth-order valence-corrected chi connectivity index (χ4v) is 3.14. The Bertz CT molecular complexity index is 623. The van der Waals surface area contributed by atoms with Crippen molar-refractivity contribution in [3.63, 3.8) is 0 Å². The highest BCUT2D eigenvalue weighted by Gasteiger charge is 2.22. The molecule has 0 spiro atoms. The van der Waals surface area contributed by atoms with E-state index in [4.69, 9.17) is 4.84 Å². The molecule has 0 bridgehead atoms. The van der Waals surface area contributed by atoms with Crippen molar-refractivity contribution in [2.75, 3.05) is 5.75 Å². The van der Waals surface area contributed by atoms with Crippen LogP contribution in [-0.4, -0.2) is 17.3 Å². The molecule has 2 aromatic carbocycles. The SMILES string of the molecule is CC(C)(C)ONC(=O)C(CSc1ccccc1)Cc1ccccc1. The highest BCUT2D eigenvalue weighted by atomic mass is 32.2. The molecule has 0 aliphatic heterocycles.